The Hall–Kier alpha value is -1.13. The second-order valence-electron chi connectivity index (χ2n) is 5.17. The van der Waals surface area contributed by atoms with Gasteiger partial charge in [0.25, 0.3) is 0 Å². The molecule has 1 aliphatic rings. The number of aromatic nitrogens is 1. The first kappa shape index (κ1) is 12.9. The summed E-state index contributed by atoms with van der Waals surface area (Å²) in [6.45, 7) is 4.67. The van der Waals surface area contributed by atoms with E-state index in [0.29, 0.717) is 0 Å². The number of rotatable bonds is 4. The van der Waals surface area contributed by atoms with Crippen molar-refractivity contribution in [1.82, 2.24) is 9.88 Å². The standard InChI is InChI=1S/C15H21N3S/c1-2-6-11-18(10-5-1)12-9-16-15-17-13-7-3-4-8-14(13)19-15/h3-4,7-8H,1-2,5-6,9-12H2,(H,16,17). The lowest BCUT2D eigenvalue weighted by Crippen LogP contribution is -2.29. The number of para-hydroxylation sites is 1. The Labute approximate surface area is 118 Å². The predicted octanol–water partition coefficient (Wildman–Crippen LogP) is 3.58. The van der Waals surface area contributed by atoms with Gasteiger partial charge >= 0.3 is 0 Å². The third-order valence-electron chi connectivity index (χ3n) is 3.70. The number of hydrogen-bond acceptors (Lipinski definition) is 4. The molecule has 0 amide bonds. The fourth-order valence-electron chi connectivity index (χ4n) is 2.63. The Kier molecular flexibility index (Phi) is 4.30. The number of anilines is 1. The molecule has 2 aromatic rings. The number of nitrogens with one attached hydrogen (secondary N) is 1. The highest BCUT2D eigenvalue weighted by Gasteiger charge is 2.08. The van der Waals surface area contributed by atoms with Crippen molar-refractivity contribution in [3.05, 3.63) is 24.3 Å². The van der Waals surface area contributed by atoms with Crippen molar-refractivity contribution in [3.63, 3.8) is 0 Å². The molecule has 3 nitrogen and oxygen atoms in total. The van der Waals surface area contributed by atoms with Gasteiger partial charge in [-0.15, -0.1) is 0 Å². The lowest BCUT2D eigenvalue weighted by molar-refractivity contribution is 0.296. The van der Waals surface area contributed by atoms with Crippen LogP contribution in [-0.4, -0.2) is 36.1 Å². The van der Waals surface area contributed by atoms with Crippen LogP contribution in [0.15, 0.2) is 24.3 Å². The summed E-state index contributed by atoms with van der Waals surface area (Å²) >= 11 is 1.75. The number of thiazole rings is 1. The van der Waals surface area contributed by atoms with Gasteiger partial charge in [-0.05, 0) is 38.1 Å². The summed E-state index contributed by atoms with van der Waals surface area (Å²) in [7, 11) is 0. The molecule has 1 aromatic carbocycles. The van der Waals surface area contributed by atoms with E-state index in [2.05, 4.69) is 33.4 Å². The Morgan fingerprint density at radius 3 is 2.68 bits per heavy atom. The fourth-order valence-corrected chi connectivity index (χ4v) is 3.52. The number of fused-ring (bicyclic) bond motifs is 1. The molecule has 4 heteroatoms. The van der Waals surface area contributed by atoms with Crippen molar-refractivity contribution in [2.24, 2.45) is 0 Å². The molecule has 102 valence electrons. The van der Waals surface area contributed by atoms with Crippen molar-refractivity contribution in [3.8, 4) is 0 Å². The maximum absolute atomic E-state index is 4.60. The Morgan fingerprint density at radius 2 is 1.89 bits per heavy atom. The van der Waals surface area contributed by atoms with E-state index in [1.54, 1.807) is 11.3 Å². The summed E-state index contributed by atoms with van der Waals surface area (Å²) in [6.07, 6.45) is 5.53. The molecule has 0 unspecified atom stereocenters. The monoisotopic (exact) mass is 275 g/mol. The minimum absolute atomic E-state index is 1.000. The van der Waals surface area contributed by atoms with Gasteiger partial charge in [0.1, 0.15) is 0 Å². The molecule has 0 radical (unpaired) electrons. The summed E-state index contributed by atoms with van der Waals surface area (Å²) in [6, 6.07) is 8.32. The zero-order chi connectivity index (χ0) is 12.9. The molecular formula is C15H21N3S. The molecule has 3 rings (SSSR count). The van der Waals surface area contributed by atoms with Crippen molar-refractivity contribution >= 4 is 26.7 Å². The highest BCUT2D eigenvalue weighted by molar-refractivity contribution is 7.22. The summed E-state index contributed by atoms with van der Waals surface area (Å²) < 4.78 is 1.26. The van der Waals surface area contributed by atoms with Crippen LogP contribution in [0.4, 0.5) is 5.13 Å². The second-order valence-corrected chi connectivity index (χ2v) is 6.20. The molecule has 1 N–H and O–H groups in total. The van der Waals surface area contributed by atoms with E-state index < -0.39 is 0 Å². The Morgan fingerprint density at radius 1 is 1.11 bits per heavy atom. The van der Waals surface area contributed by atoms with Crippen LogP contribution in [-0.2, 0) is 0 Å². The Bertz CT molecular complexity index is 482. The average Bonchev–Trinajstić information content (AvgIpc) is 2.66. The molecule has 0 saturated carbocycles. The summed E-state index contributed by atoms with van der Waals surface area (Å²) in [5.74, 6) is 0. The van der Waals surface area contributed by atoms with Crippen LogP contribution in [0, 0.1) is 0 Å². The quantitative estimate of drug-likeness (QED) is 0.924. The number of benzene rings is 1. The van der Waals surface area contributed by atoms with E-state index in [4.69, 9.17) is 0 Å². The molecule has 0 atom stereocenters. The van der Waals surface area contributed by atoms with Crippen LogP contribution in [0.1, 0.15) is 25.7 Å². The number of likely N-dealkylation sites (tertiary alicyclic amines) is 1. The molecule has 0 bridgehead atoms. The average molecular weight is 275 g/mol. The molecule has 1 aromatic heterocycles. The topological polar surface area (TPSA) is 28.2 Å². The molecule has 19 heavy (non-hydrogen) atoms. The van der Waals surface area contributed by atoms with Crippen LogP contribution in [0.3, 0.4) is 0 Å². The second kappa shape index (κ2) is 6.35. The third kappa shape index (κ3) is 3.45. The lowest BCUT2D eigenvalue weighted by atomic mass is 10.2. The van der Waals surface area contributed by atoms with Crippen LogP contribution >= 0.6 is 11.3 Å². The minimum Gasteiger partial charge on any atom is -0.360 e. The van der Waals surface area contributed by atoms with Gasteiger partial charge in [-0.1, -0.05) is 36.3 Å². The SMILES string of the molecule is c1ccc2sc(NCCN3CCCCCC3)nc2c1. The van der Waals surface area contributed by atoms with Crippen molar-refractivity contribution < 1.29 is 0 Å². The maximum Gasteiger partial charge on any atom is 0.183 e. The highest BCUT2D eigenvalue weighted by Crippen LogP contribution is 2.25. The summed E-state index contributed by atoms with van der Waals surface area (Å²) in [4.78, 5) is 7.18. The molecule has 0 aliphatic carbocycles. The van der Waals surface area contributed by atoms with Crippen LogP contribution < -0.4 is 5.32 Å². The van der Waals surface area contributed by atoms with Crippen molar-refractivity contribution in [2.75, 3.05) is 31.5 Å². The van der Waals surface area contributed by atoms with Gasteiger partial charge < -0.3 is 10.2 Å². The zero-order valence-electron chi connectivity index (χ0n) is 11.3. The van der Waals surface area contributed by atoms with Crippen LogP contribution in [0.5, 0.6) is 0 Å². The van der Waals surface area contributed by atoms with Gasteiger partial charge in [-0.3, -0.25) is 0 Å². The van der Waals surface area contributed by atoms with Gasteiger partial charge in [0.2, 0.25) is 0 Å². The minimum atomic E-state index is 1.000. The van der Waals surface area contributed by atoms with E-state index in [0.717, 1.165) is 23.7 Å². The van der Waals surface area contributed by atoms with Gasteiger partial charge in [0.15, 0.2) is 5.13 Å². The van der Waals surface area contributed by atoms with E-state index in [1.807, 2.05) is 6.07 Å². The lowest BCUT2D eigenvalue weighted by Gasteiger charge is -2.19. The fraction of sp³-hybridized carbons (Fsp3) is 0.533. The number of nitrogens with zero attached hydrogens (tertiary/aromatic N) is 2. The largest absolute Gasteiger partial charge is 0.360 e. The molecule has 1 fully saturated rings. The van der Waals surface area contributed by atoms with E-state index in [1.165, 1.54) is 43.5 Å². The molecule has 1 aliphatic heterocycles. The first-order valence-electron chi connectivity index (χ1n) is 7.24. The molecule has 1 saturated heterocycles. The van der Waals surface area contributed by atoms with Crippen molar-refractivity contribution in [1.29, 1.82) is 0 Å². The van der Waals surface area contributed by atoms with Crippen LogP contribution in [0.25, 0.3) is 10.2 Å². The third-order valence-corrected chi connectivity index (χ3v) is 4.69. The van der Waals surface area contributed by atoms with Gasteiger partial charge in [0, 0.05) is 13.1 Å². The van der Waals surface area contributed by atoms with Crippen molar-refractivity contribution in [2.45, 2.75) is 25.7 Å². The first-order valence-corrected chi connectivity index (χ1v) is 8.05. The first-order chi connectivity index (χ1) is 9.42. The summed E-state index contributed by atoms with van der Waals surface area (Å²) in [5.41, 5.74) is 1.10. The van der Waals surface area contributed by atoms with E-state index in [9.17, 15) is 0 Å². The van der Waals surface area contributed by atoms with Gasteiger partial charge in [0.05, 0.1) is 10.2 Å². The normalized spacial score (nSPS) is 17.5. The molecule has 2 heterocycles. The van der Waals surface area contributed by atoms with Gasteiger partial charge in [-0.25, -0.2) is 4.98 Å². The van der Waals surface area contributed by atoms with E-state index >= 15 is 0 Å². The summed E-state index contributed by atoms with van der Waals surface area (Å²) in [5, 5.41) is 4.52. The van der Waals surface area contributed by atoms with Gasteiger partial charge in [-0.2, -0.15) is 0 Å². The Balaban J connectivity index is 1.51. The maximum atomic E-state index is 4.60. The zero-order valence-corrected chi connectivity index (χ0v) is 12.1. The molecule has 0 spiro atoms. The highest BCUT2D eigenvalue weighted by atomic mass is 32.1. The van der Waals surface area contributed by atoms with Crippen LogP contribution in [0.2, 0.25) is 0 Å². The predicted molar refractivity (Wildman–Crippen MR) is 83.0 cm³/mol. The smallest absolute Gasteiger partial charge is 0.183 e. The number of hydrogen-bond donors (Lipinski definition) is 1. The van der Waals surface area contributed by atoms with E-state index in [-0.39, 0.29) is 0 Å². The molecular weight excluding hydrogens is 254 g/mol.